The number of carboxylic acid groups (broad SMARTS) is 1. The van der Waals surface area contributed by atoms with E-state index in [1.54, 1.807) is 13.8 Å². The number of benzene rings is 1. The van der Waals surface area contributed by atoms with Gasteiger partial charge < -0.3 is 9.84 Å². The maximum absolute atomic E-state index is 13.1. The molecule has 2 rings (SSSR count). The molecule has 0 radical (unpaired) electrons. The molecule has 1 aromatic carbocycles. The predicted octanol–water partition coefficient (Wildman–Crippen LogP) is 2.72. The number of rotatable bonds is 3. The lowest BCUT2D eigenvalue weighted by atomic mass is 10.2. The molecule has 5 nitrogen and oxygen atoms in total. The molecule has 0 aliphatic carbocycles. The summed E-state index contributed by atoms with van der Waals surface area (Å²) in [5, 5.41) is 8.85. The largest absolute Gasteiger partial charge is 0.478 e. The van der Waals surface area contributed by atoms with Crippen molar-refractivity contribution in [3.8, 4) is 11.8 Å². The summed E-state index contributed by atoms with van der Waals surface area (Å²) in [7, 11) is 0. The highest BCUT2D eigenvalue weighted by molar-refractivity contribution is 5.88. The van der Waals surface area contributed by atoms with Gasteiger partial charge in [0, 0.05) is 6.20 Å². The van der Waals surface area contributed by atoms with Crippen LogP contribution in [-0.4, -0.2) is 21.0 Å². The first-order valence-electron chi connectivity index (χ1n) is 5.48. The molecule has 0 atom stereocenters. The zero-order valence-corrected chi connectivity index (χ0v) is 10.3. The SMILES string of the molecule is Cc1cc(Oc2ncc(C(=O)O)c(C)n2)ccc1F. The number of hydrogen-bond donors (Lipinski definition) is 1. The highest BCUT2D eigenvalue weighted by Gasteiger charge is 2.11. The number of aryl methyl sites for hydroxylation is 2. The molecule has 0 amide bonds. The molecule has 19 heavy (non-hydrogen) atoms. The van der Waals surface area contributed by atoms with E-state index in [0.717, 1.165) is 0 Å². The summed E-state index contributed by atoms with van der Waals surface area (Å²) in [6.07, 6.45) is 1.18. The molecule has 0 spiro atoms. The van der Waals surface area contributed by atoms with Gasteiger partial charge >= 0.3 is 12.0 Å². The van der Waals surface area contributed by atoms with Crippen LogP contribution < -0.4 is 4.74 Å². The van der Waals surface area contributed by atoms with Crippen LogP contribution in [-0.2, 0) is 0 Å². The Balaban J connectivity index is 2.26. The van der Waals surface area contributed by atoms with E-state index in [9.17, 15) is 9.18 Å². The molecule has 0 saturated heterocycles. The van der Waals surface area contributed by atoms with Gasteiger partial charge in [0.05, 0.1) is 11.3 Å². The van der Waals surface area contributed by atoms with Gasteiger partial charge in [0.15, 0.2) is 0 Å². The highest BCUT2D eigenvalue weighted by Crippen LogP contribution is 2.21. The van der Waals surface area contributed by atoms with Crippen LogP contribution in [0, 0.1) is 19.7 Å². The third-order valence-electron chi connectivity index (χ3n) is 2.53. The minimum atomic E-state index is -1.10. The molecule has 2 aromatic rings. The summed E-state index contributed by atoms with van der Waals surface area (Å²) in [5.74, 6) is -1.03. The number of aromatic carboxylic acids is 1. The zero-order chi connectivity index (χ0) is 14.0. The Morgan fingerprint density at radius 3 is 2.68 bits per heavy atom. The third-order valence-corrected chi connectivity index (χ3v) is 2.53. The van der Waals surface area contributed by atoms with Crippen molar-refractivity contribution in [2.75, 3.05) is 0 Å². The average molecular weight is 262 g/mol. The standard InChI is InChI=1S/C13H11FN2O3/c1-7-5-9(3-4-11(7)14)19-13-15-6-10(12(17)18)8(2)16-13/h3-6H,1-2H3,(H,17,18). The first-order valence-corrected chi connectivity index (χ1v) is 5.48. The normalized spacial score (nSPS) is 10.3. The smallest absolute Gasteiger partial charge is 0.339 e. The summed E-state index contributed by atoms with van der Waals surface area (Å²) in [4.78, 5) is 18.5. The Bertz CT molecular complexity index is 644. The maximum Gasteiger partial charge on any atom is 0.339 e. The lowest BCUT2D eigenvalue weighted by Crippen LogP contribution is -2.04. The molecule has 0 fully saturated rings. The first-order chi connectivity index (χ1) is 8.97. The van der Waals surface area contributed by atoms with Crippen molar-refractivity contribution < 1.29 is 19.0 Å². The monoisotopic (exact) mass is 262 g/mol. The van der Waals surface area contributed by atoms with Crippen molar-refractivity contribution in [3.05, 3.63) is 47.0 Å². The van der Waals surface area contributed by atoms with Crippen LogP contribution >= 0.6 is 0 Å². The minimum Gasteiger partial charge on any atom is -0.478 e. The van der Waals surface area contributed by atoms with Crippen LogP contribution in [0.4, 0.5) is 4.39 Å². The summed E-state index contributed by atoms with van der Waals surface area (Å²) < 4.78 is 18.4. The van der Waals surface area contributed by atoms with E-state index < -0.39 is 5.97 Å². The van der Waals surface area contributed by atoms with Crippen LogP contribution in [0.3, 0.4) is 0 Å². The average Bonchev–Trinajstić information content (AvgIpc) is 2.33. The second-order valence-corrected chi connectivity index (χ2v) is 3.97. The topological polar surface area (TPSA) is 72.3 Å². The molecule has 0 unspecified atom stereocenters. The quantitative estimate of drug-likeness (QED) is 0.920. The van der Waals surface area contributed by atoms with Crippen LogP contribution in [0.1, 0.15) is 21.6 Å². The van der Waals surface area contributed by atoms with Crippen molar-refractivity contribution in [3.63, 3.8) is 0 Å². The molecule has 1 N–H and O–H groups in total. The Morgan fingerprint density at radius 2 is 2.11 bits per heavy atom. The Labute approximate surface area is 108 Å². The van der Waals surface area contributed by atoms with Gasteiger partial charge in [0.2, 0.25) is 0 Å². The van der Waals surface area contributed by atoms with Crippen LogP contribution in [0.2, 0.25) is 0 Å². The van der Waals surface area contributed by atoms with Gasteiger partial charge in [-0.1, -0.05) is 0 Å². The van der Waals surface area contributed by atoms with Gasteiger partial charge in [-0.05, 0) is 37.6 Å². The Hall–Kier alpha value is -2.50. The number of nitrogens with zero attached hydrogens (tertiary/aromatic N) is 2. The van der Waals surface area contributed by atoms with Gasteiger partial charge in [-0.3, -0.25) is 0 Å². The van der Waals surface area contributed by atoms with Crippen LogP contribution in [0.15, 0.2) is 24.4 Å². The summed E-state index contributed by atoms with van der Waals surface area (Å²) in [6, 6.07) is 4.27. The fraction of sp³-hybridized carbons (Fsp3) is 0.154. The van der Waals surface area contributed by atoms with E-state index in [2.05, 4.69) is 9.97 Å². The lowest BCUT2D eigenvalue weighted by Gasteiger charge is -2.06. The summed E-state index contributed by atoms with van der Waals surface area (Å²) in [5.41, 5.74) is 0.760. The van der Waals surface area contributed by atoms with E-state index in [4.69, 9.17) is 9.84 Å². The lowest BCUT2D eigenvalue weighted by molar-refractivity contribution is 0.0695. The number of carboxylic acids is 1. The number of hydrogen-bond acceptors (Lipinski definition) is 4. The number of halogens is 1. The number of ether oxygens (including phenoxy) is 1. The molecule has 0 aliphatic rings. The summed E-state index contributed by atoms with van der Waals surface area (Å²) >= 11 is 0. The molecule has 0 aliphatic heterocycles. The van der Waals surface area contributed by atoms with Crippen LogP contribution in [0.25, 0.3) is 0 Å². The van der Waals surface area contributed by atoms with Crippen molar-refractivity contribution in [1.29, 1.82) is 0 Å². The third kappa shape index (κ3) is 2.85. The molecule has 6 heteroatoms. The van der Waals surface area contributed by atoms with Gasteiger partial charge in [-0.25, -0.2) is 14.2 Å². The predicted molar refractivity (Wildman–Crippen MR) is 64.9 cm³/mol. The molecule has 0 saturated carbocycles. The van der Waals surface area contributed by atoms with Gasteiger partial charge in [-0.15, -0.1) is 0 Å². The number of carbonyl (C=O) groups is 1. The van der Waals surface area contributed by atoms with Gasteiger partial charge in [-0.2, -0.15) is 4.98 Å². The Morgan fingerprint density at radius 1 is 1.37 bits per heavy atom. The molecule has 1 aromatic heterocycles. The zero-order valence-electron chi connectivity index (χ0n) is 10.3. The van der Waals surface area contributed by atoms with E-state index >= 15 is 0 Å². The first kappa shape index (κ1) is 12.9. The molecule has 1 heterocycles. The van der Waals surface area contributed by atoms with Crippen molar-refractivity contribution in [2.24, 2.45) is 0 Å². The van der Waals surface area contributed by atoms with E-state index in [1.807, 2.05) is 0 Å². The van der Waals surface area contributed by atoms with Crippen molar-refractivity contribution in [1.82, 2.24) is 9.97 Å². The second kappa shape index (κ2) is 5.01. The fourth-order valence-corrected chi connectivity index (χ4v) is 1.49. The fourth-order valence-electron chi connectivity index (χ4n) is 1.49. The van der Waals surface area contributed by atoms with Crippen molar-refractivity contribution >= 4 is 5.97 Å². The molecular weight excluding hydrogens is 251 g/mol. The number of aromatic nitrogens is 2. The van der Waals surface area contributed by atoms with Gasteiger partial charge in [0.25, 0.3) is 0 Å². The van der Waals surface area contributed by atoms with E-state index in [0.29, 0.717) is 17.0 Å². The Kier molecular flexibility index (Phi) is 3.41. The van der Waals surface area contributed by atoms with Crippen molar-refractivity contribution in [2.45, 2.75) is 13.8 Å². The second-order valence-electron chi connectivity index (χ2n) is 3.97. The van der Waals surface area contributed by atoms with Crippen LogP contribution in [0.5, 0.6) is 11.8 Å². The van der Waals surface area contributed by atoms with E-state index in [1.165, 1.54) is 24.4 Å². The minimum absolute atomic E-state index is 0.0163. The van der Waals surface area contributed by atoms with Gasteiger partial charge in [0.1, 0.15) is 11.6 Å². The maximum atomic E-state index is 13.1. The highest BCUT2D eigenvalue weighted by atomic mass is 19.1. The molecule has 98 valence electrons. The summed E-state index contributed by atoms with van der Waals surface area (Å²) in [6.45, 7) is 3.16. The molecular formula is C13H11FN2O3. The molecule has 0 bridgehead atoms. The van der Waals surface area contributed by atoms with E-state index in [-0.39, 0.29) is 17.4 Å².